The first kappa shape index (κ1) is 21.4. The van der Waals surface area contributed by atoms with Gasteiger partial charge in [-0.3, -0.25) is 0 Å². The van der Waals surface area contributed by atoms with Gasteiger partial charge in [0.2, 0.25) is 5.95 Å². The van der Waals surface area contributed by atoms with E-state index < -0.39 is 0 Å². The maximum Gasteiger partial charge on any atom is 0.229 e. The molecule has 0 unspecified atom stereocenters. The third-order valence-electron chi connectivity index (χ3n) is 7.65. The number of para-hydroxylation sites is 2. The van der Waals surface area contributed by atoms with Crippen molar-refractivity contribution in [2.45, 2.75) is 57.7 Å². The number of fused-ring (bicyclic) bond motifs is 3. The van der Waals surface area contributed by atoms with E-state index in [1.165, 1.54) is 43.2 Å². The van der Waals surface area contributed by atoms with Gasteiger partial charge in [0.15, 0.2) is 17.0 Å². The smallest absolute Gasteiger partial charge is 0.229 e. The quantitative estimate of drug-likeness (QED) is 0.353. The molecule has 0 saturated heterocycles. The summed E-state index contributed by atoms with van der Waals surface area (Å²) in [6.45, 7) is 2.27. The van der Waals surface area contributed by atoms with Gasteiger partial charge in [0.25, 0.3) is 0 Å². The van der Waals surface area contributed by atoms with Gasteiger partial charge in [-0.2, -0.15) is 9.97 Å². The maximum absolute atomic E-state index is 5.11. The van der Waals surface area contributed by atoms with Crippen molar-refractivity contribution in [2.24, 2.45) is 0 Å². The predicted molar refractivity (Wildman–Crippen MR) is 142 cm³/mol. The van der Waals surface area contributed by atoms with Crippen molar-refractivity contribution in [2.75, 3.05) is 16.8 Å². The fourth-order valence-corrected chi connectivity index (χ4v) is 5.72. The fraction of sp³-hybridized carbons (Fsp3) is 0.357. The van der Waals surface area contributed by atoms with Gasteiger partial charge in [0.1, 0.15) is 5.82 Å². The number of H-pyrrole nitrogens is 1. The molecule has 2 aromatic carbocycles. The Morgan fingerprint density at radius 1 is 0.917 bits per heavy atom. The topological polar surface area (TPSA) is 87.5 Å². The summed E-state index contributed by atoms with van der Waals surface area (Å²) in [4.78, 5) is 25.3. The van der Waals surface area contributed by atoms with Gasteiger partial charge in [0.05, 0.1) is 23.9 Å². The number of aromatic nitrogens is 6. The van der Waals surface area contributed by atoms with E-state index in [0.717, 1.165) is 59.3 Å². The molecule has 2 aliphatic rings. The molecule has 3 aromatic heterocycles. The molecule has 1 fully saturated rings. The first-order chi connectivity index (χ1) is 17.8. The van der Waals surface area contributed by atoms with Gasteiger partial charge in [-0.1, -0.05) is 55.7 Å². The summed E-state index contributed by atoms with van der Waals surface area (Å²) in [6, 6.07) is 17.2. The third kappa shape index (κ3) is 3.86. The van der Waals surface area contributed by atoms with Gasteiger partial charge < -0.3 is 19.8 Å². The van der Waals surface area contributed by atoms with Crippen LogP contribution in [-0.4, -0.2) is 36.0 Å². The monoisotopic (exact) mass is 478 g/mol. The van der Waals surface area contributed by atoms with Crippen molar-refractivity contribution in [3.8, 4) is 0 Å². The molecule has 0 radical (unpaired) electrons. The Hall–Kier alpha value is -3.94. The van der Waals surface area contributed by atoms with Crippen LogP contribution in [-0.2, 0) is 19.5 Å². The zero-order valence-corrected chi connectivity index (χ0v) is 20.3. The molecule has 182 valence electrons. The number of hydrogen-bond acceptors (Lipinski definition) is 6. The number of imidazole rings is 2. The molecule has 7 rings (SSSR count). The third-order valence-corrected chi connectivity index (χ3v) is 7.65. The number of rotatable bonds is 5. The van der Waals surface area contributed by atoms with Crippen LogP contribution in [0.25, 0.3) is 22.2 Å². The minimum atomic E-state index is 0.455. The summed E-state index contributed by atoms with van der Waals surface area (Å²) in [5.74, 6) is 2.41. The van der Waals surface area contributed by atoms with Crippen molar-refractivity contribution in [3.05, 3.63) is 71.8 Å². The van der Waals surface area contributed by atoms with E-state index in [1.807, 2.05) is 30.6 Å². The van der Waals surface area contributed by atoms with Crippen molar-refractivity contribution in [3.63, 3.8) is 0 Å². The van der Waals surface area contributed by atoms with Crippen LogP contribution in [0.4, 0.5) is 11.8 Å². The van der Waals surface area contributed by atoms with Crippen LogP contribution in [0.1, 0.15) is 55.1 Å². The highest BCUT2D eigenvalue weighted by molar-refractivity contribution is 5.84. The van der Waals surface area contributed by atoms with Crippen LogP contribution in [0.15, 0.2) is 54.9 Å². The van der Waals surface area contributed by atoms with Crippen LogP contribution in [0.2, 0.25) is 0 Å². The van der Waals surface area contributed by atoms with Crippen LogP contribution < -0.4 is 10.2 Å². The molecular formula is C28H30N8. The average Bonchev–Trinajstić information content (AvgIpc) is 3.56. The Kier molecular flexibility index (Phi) is 5.30. The lowest BCUT2D eigenvalue weighted by Gasteiger charge is -2.29. The molecule has 0 spiro atoms. The van der Waals surface area contributed by atoms with Gasteiger partial charge in [-0.15, -0.1) is 0 Å². The Bertz CT molecular complexity index is 1490. The summed E-state index contributed by atoms with van der Waals surface area (Å²) in [5, 5.41) is 3.53. The van der Waals surface area contributed by atoms with Crippen molar-refractivity contribution < 1.29 is 0 Å². The molecule has 0 bridgehead atoms. The van der Waals surface area contributed by atoms with E-state index in [1.54, 1.807) is 0 Å². The van der Waals surface area contributed by atoms with Crippen molar-refractivity contribution in [1.82, 2.24) is 29.5 Å². The number of nitrogens with one attached hydrogen (secondary N) is 2. The standard InChI is InChI=1S/C28H30N8/c1-2-10-21(11-3-1)36-18-30-25-26(29-16-24-31-22-12-6-7-13-23(22)32-24)33-28(34-27(25)36)35-15-14-19-8-4-5-9-20(19)17-35/h4-9,12-13,18,21H,1-3,10-11,14-17H2,(H,31,32)(H,29,33,34). The molecule has 0 amide bonds. The predicted octanol–water partition coefficient (Wildman–Crippen LogP) is 5.38. The van der Waals surface area contributed by atoms with Crippen LogP contribution in [0.3, 0.4) is 0 Å². The molecule has 36 heavy (non-hydrogen) atoms. The lowest BCUT2D eigenvalue weighted by atomic mass is 9.95. The molecule has 1 saturated carbocycles. The van der Waals surface area contributed by atoms with E-state index in [4.69, 9.17) is 19.9 Å². The van der Waals surface area contributed by atoms with Crippen LogP contribution >= 0.6 is 0 Å². The Labute approximate surface area is 209 Å². The highest BCUT2D eigenvalue weighted by atomic mass is 15.3. The van der Waals surface area contributed by atoms with E-state index >= 15 is 0 Å². The maximum atomic E-state index is 5.11. The van der Waals surface area contributed by atoms with E-state index in [0.29, 0.717) is 12.6 Å². The summed E-state index contributed by atoms with van der Waals surface area (Å²) in [7, 11) is 0. The molecule has 8 nitrogen and oxygen atoms in total. The van der Waals surface area contributed by atoms with Crippen molar-refractivity contribution >= 4 is 34.0 Å². The van der Waals surface area contributed by atoms with Gasteiger partial charge in [-0.25, -0.2) is 9.97 Å². The molecule has 0 atom stereocenters. The normalized spacial score (nSPS) is 16.5. The van der Waals surface area contributed by atoms with Crippen LogP contribution in [0.5, 0.6) is 0 Å². The van der Waals surface area contributed by atoms with Gasteiger partial charge in [-0.05, 0) is 42.5 Å². The first-order valence-corrected chi connectivity index (χ1v) is 13.1. The fourth-order valence-electron chi connectivity index (χ4n) is 5.72. The molecule has 1 aliphatic carbocycles. The van der Waals surface area contributed by atoms with E-state index in [9.17, 15) is 0 Å². The molecule has 5 aromatic rings. The highest BCUT2D eigenvalue weighted by Crippen LogP contribution is 2.33. The molecule has 8 heteroatoms. The lowest BCUT2D eigenvalue weighted by Crippen LogP contribution is -2.32. The van der Waals surface area contributed by atoms with Crippen LogP contribution in [0, 0.1) is 0 Å². The summed E-state index contributed by atoms with van der Waals surface area (Å²) < 4.78 is 2.30. The second-order valence-corrected chi connectivity index (χ2v) is 9.98. The number of hydrogen-bond donors (Lipinski definition) is 2. The first-order valence-electron chi connectivity index (χ1n) is 13.1. The second-order valence-electron chi connectivity index (χ2n) is 9.98. The molecule has 4 heterocycles. The van der Waals surface area contributed by atoms with Gasteiger partial charge >= 0.3 is 0 Å². The molecule has 1 aliphatic heterocycles. The number of anilines is 2. The average molecular weight is 479 g/mol. The second kappa shape index (κ2) is 8.93. The van der Waals surface area contributed by atoms with Crippen molar-refractivity contribution in [1.29, 1.82) is 0 Å². The highest BCUT2D eigenvalue weighted by Gasteiger charge is 2.24. The Morgan fingerprint density at radius 2 is 1.75 bits per heavy atom. The minimum Gasteiger partial charge on any atom is -0.361 e. The number of nitrogens with zero attached hydrogens (tertiary/aromatic N) is 6. The Balaban J connectivity index is 1.25. The van der Waals surface area contributed by atoms with E-state index in [-0.39, 0.29) is 0 Å². The largest absolute Gasteiger partial charge is 0.361 e. The summed E-state index contributed by atoms with van der Waals surface area (Å²) in [5.41, 5.74) is 6.54. The SMILES string of the molecule is c1ccc2c(c1)CCN(c1nc(NCc3nc4ccccc4[nH]3)c3ncn(C4CCCCC4)c3n1)C2. The zero-order valence-electron chi connectivity index (χ0n) is 20.3. The van der Waals surface area contributed by atoms with E-state index in [2.05, 4.69) is 44.0 Å². The zero-order chi connectivity index (χ0) is 23.9. The number of benzene rings is 2. The molecular weight excluding hydrogens is 448 g/mol. The minimum absolute atomic E-state index is 0.455. The lowest BCUT2D eigenvalue weighted by molar-refractivity contribution is 0.358. The Morgan fingerprint density at radius 3 is 2.64 bits per heavy atom. The molecule has 2 N–H and O–H groups in total. The summed E-state index contributed by atoms with van der Waals surface area (Å²) >= 11 is 0. The van der Waals surface area contributed by atoms with Gasteiger partial charge in [0, 0.05) is 19.1 Å². The number of aromatic amines is 1. The summed E-state index contributed by atoms with van der Waals surface area (Å²) in [6.07, 6.45) is 9.19.